The zero-order valence-electron chi connectivity index (χ0n) is 9.90. The number of hydrogen-bond acceptors (Lipinski definition) is 6. The number of ether oxygens (including phenoxy) is 2. The van der Waals surface area contributed by atoms with E-state index in [-0.39, 0.29) is 17.2 Å². The van der Waals surface area contributed by atoms with E-state index in [0.29, 0.717) is 6.54 Å². The summed E-state index contributed by atoms with van der Waals surface area (Å²) in [5.41, 5.74) is 0. The van der Waals surface area contributed by atoms with E-state index in [0.717, 1.165) is 0 Å². The topological polar surface area (TPSA) is 64.6 Å². The number of rotatable bonds is 2. The fraction of sp³-hybridized carbons (Fsp3) is 0.800. The summed E-state index contributed by atoms with van der Waals surface area (Å²) in [6.45, 7) is 4.23. The molecular weight excluding hydrogens is 230 g/mol. The highest BCUT2D eigenvalue weighted by Crippen LogP contribution is 2.36. The summed E-state index contributed by atoms with van der Waals surface area (Å²) in [6.07, 6.45) is 0. The predicted molar refractivity (Wildman–Crippen MR) is 61.3 cm³/mol. The van der Waals surface area contributed by atoms with Crippen molar-refractivity contribution in [3.8, 4) is 0 Å². The average Bonchev–Trinajstić information content (AvgIpc) is 2.25. The van der Waals surface area contributed by atoms with Gasteiger partial charge in [0.25, 0.3) is 0 Å². The van der Waals surface area contributed by atoms with Gasteiger partial charge in [-0.15, -0.1) is 11.8 Å². The first-order valence-corrected chi connectivity index (χ1v) is 5.87. The molecule has 92 valence electrons. The Kier molecular flexibility index (Phi) is 4.21. The molecule has 1 rings (SSSR count). The van der Waals surface area contributed by atoms with Gasteiger partial charge in [-0.05, 0) is 13.8 Å². The molecule has 0 saturated carbocycles. The Balaban J connectivity index is 2.72. The second-order valence-electron chi connectivity index (χ2n) is 4.10. The van der Waals surface area contributed by atoms with Crippen molar-refractivity contribution in [3.63, 3.8) is 0 Å². The monoisotopic (exact) mass is 247 g/mol. The van der Waals surface area contributed by atoms with Crippen molar-refractivity contribution in [1.29, 1.82) is 0 Å². The SMILES string of the molecule is COC(=O)C1CNC(C(=O)OC)C(C)(C)S1. The van der Waals surface area contributed by atoms with Crippen molar-refractivity contribution in [2.24, 2.45) is 0 Å². The Morgan fingerprint density at radius 2 is 1.81 bits per heavy atom. The number of thioether (sulfide) groups is 1. The van der Waals surface area contributed by atoms with Crippen molar-refractivity contribution in [3.05, 3.63) is 0 Å². The van der Waals surface area contributed by atoms with Gasteiger partial charge in [0.2, 0.25) is 0 Å². The quantitative estimate of drug-likeness (QED) is 0.703. The molecule has 2 atom stereocenters. The summed E-state index contributed by atoms with van der Waals surface area (Å²) in [4.78, 5) is 22.9. The number of nitrogens with one attached hydrogen (secondary N) is 1. The zero-order chi connectivity index (χ0) is 12.3. The zero-order valence-corrected chi connectivity index (χ0v) is 10.7. The van der Waals surface area contributed by atoms with Crippen LogP contribution in [-0.2, 0) is 19.1 Å². The van der Waals surface area contributed by atoms with E-state index < -0.39 is 10.8 Å². The Morgan fingerprint density at radius 1 is 1.25 bits per heavy atom. The van der Waals surface area contributed by atoms with Crippen LogP contribution >= 0.6 is 11.8 Å². The van der Waals surface area contributed by atoms with Gasteiger partial charge in [-0.1, -0.05) is 0 Å². The Morgan fingerprint density at radius 3 is 2.25 bits per heavy atom. The van der Waals surface area contributed by atoms with Gasteiger partial charge in [0.05, 0.1) is 14.2 Å². The first-order chi connectivity index (χ1) is 7.42. The minimum Gasteiger partial charge on any atom is -0.468 e. The molecule has 5 nitrogen and oxygen atoms in total. The molecule has 1 heterocycles. The number of carbonyl (C=O) groups excluding carboxylic acids is 2. The molecule has 2 unspecified atom stereocenters. The van der Waals surface area contributed by atoms with Crippen LogP contribution in [0, 0.1) is 0 Å². The van der Waals surface area contributed by atoms with E-state index in [1.807, 2.05) is 13.8 Å². The smallest absolute Gasteiger partial charge is 0.324 e. The van der Waals surface area contributed by atoms with Crippen molar-refractivity contribution in [2.45, 2.75) is 29.9 Å². The van der Waals surface area contributed by atoms with Gasteiger partial charge in [-0.2, -0.15) is 0 Å². The molecule has 1 fully saturated rings. The van der Waals surface area contributed by atoms with E-state index in [1.165, 1.54) is 26.0 Å². The number of methoxy groups -OCH3 is 2. The number of esters is 2. The molecule has 1 aliphatic rings. The highest BCUT2D eigenvalue weighted by Gasteiger charge is 2.44. The number of carbonyl (C=O) groups is 2. The van der Waals surface area contributed by atoms with Crippen LogP contribution in [0.3, 0.4) is 0 Å². The minimum absolute atomic E-state index is 0.270. The summed E-state index contributed by atoms with van der Waals surface area (Å²) < 4.78 is 9.01. The predicted octanol–water partition coefficient (Wildman–Crippen LogP) is 0.185. The molecule has 0 amide bonds. The van der Waals surface area contributed by atoms with Crippen LogP contribution in [-0.4, -0.2) is 48.7 Å². The maximum Gasteiger partial charge on any atom is 0.324 e. The molecule has 1 aliphatic heterocycles. The minimum atomic E-state index is -0.400. The molecular formula is C10H17NO4S. The molecule has 6 heteroatoms. The van der Waals surface area contributed by atoms with Gasteiger partial charge >= 0.3 is 11.9 Å². The lowest BCUT2D eigenvalue weighted by Crippen LogP contribution is -2.58. The first-order valence-electron chi connectivity index (χ1n) is 4.99. The second-order valence-corrected chi connectivity index (χ2v) is 5.95. The van der Waals surface area contributed by atoms with Crippen LogP contribution in [0.25, 0.3) is 0 Å². The average molecular weight is 247 g/mol. The third-order valence-corrected chi connectivity index (χ3v) is 4.04. The van der Waals surface area contributed by atoms with Crippen LogP contribution in [0.15, 0.2) is 0 Å². The molecule has 0 radical (unpaired) electrons. The van der Waals surface area contributed by atoms with E-state index in [9.17, 15) is 9.59 Å². The molecule has 1 saturated heterocycles. The Bertz CT molecular complexity index is 293. The van der Waals surface area contributed by atoms with Crippen LogP contribution in [0.5, 0.6) is 0 Å². The van der Waals surface area contributed by atoms with Crippen molar-refractivity contribution in [2.75, 3.05) is 20.8 Å². The summed E-state index contributed by atoms with van der Waals surface area (Å²) in [5.74, 6) is -0.574. The summed E-state index contributed by atoms with van der Waals surface area (Å²) >= 11 is 1.44. The number of hydrogen-bond donors (Lipinski definition) is 1. The fourth-order valence-electron chi connectivity index (χ4n) is 1.69. The van der Waals surface area contributed by atoms with Crippen LogP contribution in [0.1, 0.15) is 13.8 Å². The molecule has 1 N–H and O–H groups in total. The lowest BCUT2D eigenvalue weighted by molar-refractivity contribution is -0.145. The molecule has 0 spiro atoms. The molecule has 0 bridgehead atoms. The standard InChI is InChI=1S/C10H17NO4S/c1-10(2)7(9(13)15-4)11-5-6(16-10)8(12)14-3/h6-7,11H,5H2,1-4H3. The van der Waals surface area contributed by atoms with Gasteiger partial charge in [-0.3, -0.25) is 9.59 Å². The maximum absolute atomic E-state index is 11.5. The highest BCUT2D eigenvalue weighted by molar-refractivity contribution is 8.02. The maximum atomic E-state index is 11.5. The van der Waals surface area contributed by atoms with Gasteiger partial charge in [0.15, 0.2) is 0 Å². The first kappa shape index (κ1) is 13.3. The molecule has 0 aromatic carbocycles. The van der Waals surface area contributed by atoms with Gasteiger partial charge in [0.1, 0.15) is 11.3 Å². The lowest BCUT2D eigenvalue weighted by atomic mass is 10.0. The Labute approximate surface area is 99.2 Å². The van der Waals surface area contributed by atoms with Crippen LogP contribution in [0.2, 0.25) is 0 Å². The fourth-order valence-corrected chi connectivity index (χ4v) is 3.12. The molecule has 16 heavy (non-hydrogen) atoms. The van der Waals surface area contributed by atoms with Gasteiger partial charge in [-0.25, -0.2) is 0 Å². The van der Waals surface area contributed by atoms with E-state index in [4.69, 9.17) is 4.74 Å². The third-order valence-electron chi connectivity index (χ3n) is 2.55. The van der Waals surface area contributed by atoms with Gasteiger partial charge < -0.3 is 14.8 Å². The third kappa shape index (κ3) is 2.68. The highest BCUT2D eigenvalue weighted by atomic mass is 32.2. The van der Waals surface area contributed by atoms with E-state index >= 15 is 0 Å². The molecule has 0 aliphatic carbocycles. The lowest BCUT2D eigenvalue weighted by Gasteiger charge is -2.39. The van der Waals surface area contributed by atoms with Crippen molar-refractivity contribution >= 4 is 23.7 Å². The Hall–Kier alpha value is -0.750. The largest absolute Gasteiger partial charge is 0.468 e. The van der Waals surface area contributed by atoms with Crippen LogP contribution in [0.4, 0.5) is 0 Å². The second kappa shape index (κ2) is 5.05. The van der Waals surface area contributed by atoms with E-state index in [2.05, 4.69) is 10.1 Å². The van der Waals surface area contributed by atoms with Crippen molar-refractivity contribution in [1.82, 2.24) is 5.32 Å². The van der Waals surface area contributed by atoms with E-state index in [1.54, 1.807) is 0 Å². The van der Waals surface area contributed by atoms with Crippen molar-refractivity contribution < 1.29 is 19.1 Å². The normalized spacial score (nSPS) is 28.2. The molecule has 0 aromatic heterocycles. The summed E-state index contributed by atoms with van der Waals surface area (Å²) in [5, 5.41) is 2.75. The molecule has 0 aromatic rings. The summed E-state index contributed by atoms with van der Waals surface area (Å²) in [6, 6.07) is -0.400. The summed E-state index contributed by atoms with van der Waals surface area (Å²) in [7, 11) is 2.72. The van der Waals surface area contributed by atoms with Crippen LogP contribution < -0.4 is 5.32 Å². The van der Waals surface area contributed by atoms with Gasteiger partial charge in [0, 0.05) is 11.3 Å².